The lowest BCUT2D eigenvalue weighted by Gasteiger charge is -2.34. The lowest BCUT2D eigenvalue weighted by Crippen LogP contribution is -2.56. The molecule has 0 aromatic heterocycles. The van der Waals surface area contributed by atoms with E-state index in [1.165, 1.54) is 14.2 Å². The molecule has 1 aromatic rings. The van der Waals surface area contributed by atoms with Gasteiger partial charge in [0, 0.05) is 11.6 Å². The largest absolute Gasteiger partial charge is 0.493 e. The zero-order chi connectivity index (χ0) is 18.7. The summed E-state index contributed by atoms with van der Waals surface area (Å²) in [5, 5.41) is 12.4. The molecular formula is C19H23NO6. The Bertz CT molecular complexity index is 749. The zero-order valence-corrected chi connectivity index (χ0v) is 15.0. The van der Waals surface area contributed by atoms with E-state index in [9.17, 15) is 14.7 Å². The molecule has 3 rings (SSSR count). The molecule has 0 bridgehead atoms. The fraction of sp³-hybridized carbons (Fsp3) is 0.474. The summed E-state index contributed by atoms with van der Waals surface area (Å²) in [6.07, 6.45) is 5.18. The van der Waals surface area contributed by atoms with Crippen LogP contribution in [0.25, 0.3) is 6.08 Å². The molecule has 1 aromatic carbocycles. The smallest absolute Gasteiger partial charge is 0.329 e. The predicted octanol–water partition coefficient (Wildman–Crippen LogP) is 2.38. The minimum atomic E-state index is -1.19. The third kappa shape index (κ3) is 3.34. The second-order valence-corrected chi connectivity index (χ2v) is 6.61. The van der Waals surface area contributed by atoms with Crippen LogP contribution in [0.3, 0.4) is 0 Å². The third-order valence-corrected chi connectivity index (χ3v) is 4.99. The van der Waals surface area contributed by atoms with Crippen LogP contribution in [0.4, 0.5) is 0 Å². The second kappa shape index (κ2) is 7.27. The summed E-state index contributed by atoms with van der Waals surface area (Å²) in [4.78, 5) is 24.4. The number of fused-ring (bicyclic) bond motifs is 1. The van der Waals surface area contributed by atoms with Crippen LogP contribution in [0.2, 0.25) is 0 Å². The van der Waals surface area contributed by atoms with Gasteiger partial charge in [0.25, 0.3) is 5.91 Å². The molecule has 1 fully saturated rings. The Hall–Kier alpha value is -2.70. The van der Waals surface area contributed by atoms with Crippen molar-refractivity contribution in [3.63, 3.8) is 0 Å². The summed E-state index contributed by atoms with van der Waals surface area (Å²) in [6, 6.07) is 3.44. The van der Waals surface area contributed by atoms with Gasteiger partial charge in [-0.25, -0.2) is 4.79 Å². The number of hydrogen-bond acceptors (Lipinski definition) is 5. The van der Waals surface area contributed by atoms with Gasteiger partial charge in [0.1, 0.15) is 17.9 Å². The van der Waals surface area contributed by atoms with Gasteiger partial charge in [0.15, 0.2) is 11.5 Å². The second-order valence-electron chi connectivity index (χ2n) is 6.61. The summed E-state index contributed by atoms with van der Waals surface area (Å²) in [6.45, 7) is 0.0734. The van der Waals surface area contributed by atoms with E-state index in [0.29, 0.717) is 41.2 Å². The maximum atomic E-state index is 12.7. The lowest BCUT2D eigenvalue weighted by molar-refractivity contribution is -0.148. The maximum absolute atomic E-state index is 12.7. The van der Waals surface area contributed by atoms with Crippen molar-refractivity contribution in [3.05, 3.63) is 23.3 Å². The van der Waals surface area contributed by atoms with Crippen molar-refractivity contribution in [2.45, 2.75) is 37.6 Å². The summed E-state index contributed by atoms with van der Waals surface area (Å²) in [7, 11) is 3.07. The first kappa shape index (κ1) is 18.1. The minimum Gasteiger partial charge on any atom is -0.493 e. The van der Waals surface area contributed by atoms with E-state index < -0.39 is 17.4 Å². The van der Waals surface area contributed by atoms with E-state index in [2.05, 4.69) is 5.32 Å². The number of methoxy groups -OCH3 is 2. The van der Waals surface area contributed by atoms with Crippen molar-refractivity contribution in [3.8, 4) is 17.2 Å². The Morgan fingerprint density at radius 1 is 1.12 bits per heavy atom. The SMILES string of the molecule is COc1cc2c(cc1OC)OCC(C(=O)NC1(C(=O)O)CCCCC1)=C2. The molecule has 0 atom stereocenters. The van der Waals surface area contributed by atoms with E-state index in [4.69, 9.17) is 14.2 Å². The molecule has 140 valence electrons. The van der Waals surface area contributed by atoms with Crippen molar-refractivity contribution < 1.29 is 28.9 Å². The molecule has 0 saturated heterocycles. The molecule has 2 aliphatic rings. The molecule has 0 unspecified atom stereocenters. The summed E-state index contributed by atoms with van der Waals surface area (Å²) < 4.78 is 16.2. The van der Waals surface area contributed by atoms with Crippen LogP contribution < -0.4 is 19.5 Å². The average Bonchev–Trinajstić information content (AvgIpc) is 2.66. The number of carbonyl (C=O) groups is 2. The highest BCUT2D eigenvalue weighted by Crippen LogP contribution is 2.38. The van der Waals surface area contributed by atoms with Crippen molar-refractivity contribution in [2.24, 2.45) is 0 Å². The highest BCUT2D eigenvalue weighted by molar-refractivity contribution is 6.01. The van der Waals surface area contributed by atoms with Gasteiger partial charge in [-0.2, -0.15) is 0 Å². The monoisotopic (exact) mass is 361 g/mol. The molecule has 2 N–H and O–H groups in total. The molecule has 0 radical (unpaired) electrons. The van der Waals surface area contributed by atoms with Crippen LogP contribution in [-0.2, 0) is 9.59 Å². The highest BCUT2D eigenvalue weighted by Gasteiger charge is 2.41. The number of hydrogen-bond donors (Lipinski definition) is 2. The molecule has 0 spiro atoms. The van der Waals surface area contributed by atoms with Gasteiger partial charge in [-0.1, -0.05) is 19.3 Å². The normalized spacial score (nSPS) is 18.0. The van der Waals surface area contributed by atoms with Gasteiger partial charge in [-0.15, -0.1) is 0 Å². The fourth-order valence-electron chi connectivity index (χ4n) is 3.48. The average molecular weight is 361 g/mol. The zero-order valence-electron chi connectivity index (χ0n) is 15.0. The van der Waals surface area contributed by atoms with Crippen molar-refractivity contribution in [1.29, 1.82) is 0 Å². The summed E-state index contributed by atoms with van der Waals surface area (Å²) in [5.74, 6) is 0.274. The Morgan fingerprint density at radius 2 is 1.77 bits per heavy atom. The molecular weight excluding hydrogens is 338 g/mol. The number of nitrogens with one attached hydrogen (secondary N) is 1. The van der Waals surface area contributed by atoms with Crippen LogP contribution in [-0.4, -0.2) is 43.3 Å². The molecule has 1 amide bonds. The first-order valence-corrected chi connectivity index (χ1v) is 8.64. The molecule has 1 heterocycles. The van der Waals surface area contributed by atoms with Crippen LogP contribution in [0, 0.1) is 0 Å². The lowest BCUT2D eigenvalue weighted by atomic mass is 9.81. The first-order valence-electron chi connectivity index (χ1n) is 8.64. The van der Waals surface area contributed by atoms with Gasteiger partial charge < -0.3 is 24.6 Å². The van der Waals surface area contributed by atoms with Gasteiger partial charge in [0.2, 0.25) is 0 Å². The number of ether oxygens (including phenoxy) is 3. The first-order chi connectivity index (χ1) is 12.5. The van der Waals surface area contributed by atoms with E-state index in [1.54, 1.807) is 18.2 Å². The number of carboxylic acids is 1. The van der Waals surface area contributed by atoms with E-state index >= 15 is 0 Å². The van der Waals surface area contributed by atoms with Gasteiger partial charge in [-0.3, -0.25) is 4.79 Å². The Kier molecular flexibility index (Phi) is 5.06. The number of benzene rings is 1. The number of carboxylic acid groups (broad SMARTS) is 1. The van der Waals surface area contributed by atoms with Gasteiger partial charge >= 0.3 is 5.97 Å². The van der Waals surface area contributed by atoms with E-state index in [-0.39, 0.29) is 6.61 Å². The molecule has 1 saturated carbocycles. The van der Waals surface area contributed by atoms with Crippen molar-refractivity contribution in [2.75, 3.05) is 20.8 Å². The van der Waals surface area contributed by atoms with E-state index in [1.807, 2.05) is 0 Å². The third-order valence-electron chi connectivity index (χ3n) is 4.99. The standard InChI is InChI=1S/C19H23NO6/c1-24-15-9-12-8-13(11-26-14(12)10-16(15)25-2)17(21)20-19(18(22)23)6-4-3-5-7-19/h8-10H,3-7,11H2,1-2H3,(H,20,21)(H,22,23). The number of amides is 1. The van der Waals surface area contributed by atoms with Crippen LogP contribution in [0.1, 0.15) is 37.7 Å². The molecule has 26 heavy (non-hydrogen) atoms. The van der Waals surface area contributed by atoms with Gasteiger partial charge in [0.05, 0.1) is 19.8 Å². The number of rotatable bonds is 5. The maximum Gasteiger partial charge on any atom is 0.329 e. The minimum absolute atomic E-state index is 0.0734. The van der Waals surface area contributed by atoms with Crippen molar-refractivity contribution in [1.82, 2.24) is 5.32 Å². The van der Waals surface area contributed by atoms with E-state index in [0.717, 1.165) is 19.3 Å². The molecule has 7 nitrogen and oxygen atoms in total. The fourth-order valence-corrected chi connectivity index (χ4v) is 3.48. The van der Waals surface area contributed by atoms with Crippen LogP contribution >= 0.6 is 0 Å². The van der Waals surface area contributed by atoms with Crippen LogP contribution in [0.5, 0.6) is 17.2 Å². The molecule has 1 aliphatic carbocycles. The number of aliphatic carboxylic acids is 1. The topological polar surface area (TPSA) is 94.1 Å². The quantitative estimate of drug-likeness (QED) is 0.836. The number of carbonyl (C=O) groups excluding carboxylic acids is 1. The van der Waals surface area contributed by atoms with Crippen LogP contribution in [0.15, 0.2) is 17.7 Å². The van der Waals surface area contributed by atoms with Gasteiger partial charge in [-0.05, 0) is 25.0 Å². The molecule has 7 heteroatoms. The predicted molar refractivity (Wildman–Crippen MR) is 94.6 cm³/mol. The van der Waals surface area contributed by atoms with Crippen molar-refractivity contribution >= 4 is 18.0 Å². The highest BCUT2D eigenvalue weighted by atomic mass is 16.5. The Balaban J connectivity index is 1.85. The summed E-state index contributed by atoms with van der Waals surface area (Å²) >= 11 is 0. The Morgan fingerprint density at radius 3 is 2.38 bits per heavy atom. The molecule has 1 aliphatic heterocycles. The summed E-state index contributed by atoms with van der Waals surface area (Å²) in [5.41, 5.74) is -0.114. The Labute approximate surface area is 151 Å².